The van der Waals surface area contributed by atoms with E-state index in [0.29, 0.717) is 17.2 Å². The van der Waals surface area contributed by atoms with Crippen molar-refractivity contribution < 1.29 is 23.8 Å². The van der Waals surface area contributed by atoms with Crippen LogP contribution in [-0.4, -0.2) is 33.1 Å². The Hall–Kier alpha value is -2.12. The Morgan fingerprint density at radius 1 is 1.04 bits per heavy atom. The van der Waals surface area contributed by atoms with Crippen molar-refractivity contribution in [2.45, 2.75) is 13.8 Å². The van der Waals surface area contributed by atoms with Gasteiger partial charge in [-0.2, -0.15) is 0 Å². The number of amides is 2. The number of halogens is 2. The summed E-state index contributed by atoms with van der Waals surface area (Å²) in [5, 5.41) is 0. The maximum Gasteiger partial charge on any atom is 0.269 e. The normalized spacial score (nSPS) is 19.5. The predicted octanol–water partition coefficient (Wildman–Crippen LogP) is 3.06. The Labute approximate surface area is 167 Å². The summed E-state index contributed by atoms with van der Waals surface area (Å²) < 4.78 is 15.8. The maximum atomic E-state index is 12.4. The second-order valence-corrected chi connectivity index (χ2v) is 7.65. The van der Waals surface area contributed by atoms with Gasteiger partial charge in [0.05, 0.1) is 27.2 Å². The van der Waals surface area contributed by atoms with Gasteiger partial charge >= 0.3 is 0 Å². The van der Waals surface area contributed by atoms with Crippen LogP contribution in [0.5, 0.6) is 17.2 Å². The van der Waals surface area contributed by atoms with Gasteiger partial charge in [-0.15, -0.1) is 0 Å². The Balaban J connectivity index is 2.08. The summed E-state index contributed by atoms with van der Waals surface area (Å²) >= 11 is 11.4. The van der Waals surface area contributed by atoms with Crippen LogP contribution in [-0.2, 0) is 4.79 Å². The van der Waals surface area contributed by atoms with E-state index in [2.05, 4.69) is 10.9 Å². The highest BCUT2D eigenvalue weighted by molar-refractivity contribution is 6.55. The molecule has 0 heterocycles. The molecule has 1 aromatic carbocycles. The zero-order chi connectivity index (χ0) is 20.4. The van der Waals surface area contributed by atoms with Gasteiger partial charge in [-0.25, -0.2) is 0 Å². The van der Waals surface area contributed by atoms with Gasteiger partial charge in [-0.05, 0) is 29.5 Å². The van der Waals surface area contributed by atoms with Gasteiger partial charge in [0.15, 0.2) is 11.5 Å². The van der Waals surface area contributed by atoms with Crippen molar-refractivity contribution in [3.05, 3.63) is 28.3 Å². The number of benzene rings is 1. The average molecular weight is 417 g/mol. The number of methoxy groups -OCH3 is 3. The summed E-state index contributed by atoms with van der Waals surface area (Å²) in [5.74, 6) is -0.254. The number of hydrogen-bond acceptors (Lipinski definition) is 5. The third kappa shape index (κ3) is 4.42. The van der Waals surface area contributed by atoms with Crippen LogP contribution in [0.15, 0.2) is 22.7 Å². The third-order valence-electron chi connectivity index (χ3n) is 4.72. The van der Waals surface area contributed by atoms with Crippen molar-refractivity contribution in [2.24, 2.45) is 17.3 Å². The molecule has 0 saturated heterocycles. The van der Waals surface area contributed by atoms with Gasteiger partial charge in [0.25, 0.3) is 5.91 Å². The first-order chi connectivity index (χ1) is 12.7. The van der Waals surface area contributed by atoms with Crippen LogP contribution in [0.25, 0.3) is 0 Å². The van der Waals surface area contributed by atoms with Crippen molar-refractivity contribution in [3.8, 4) is 17.2 Å². The summed E-state index contributed by atoms with van der Waals surface area (Å²) in [4.78, 5) is 24.8. The SMILES string of the molecule is COc1cc(C(=O)NNC(=O)C2C(C=C(Cl)Cl)C2(C)C)cc(OC)c1OC. The summed E-state index contributed by atoms with van der Waals surface area (Å²) in [5.41, 5.74) is 4.77. The number of rotatable bonds is 6. The van der Waals surface area contributed by atoms with Gasteiger partial charge in [-0.3, -0.25) is 20.4 Å². The van der Waals surface area contributed by atoms with Gasteiger partial charge < -0.3 is 14.2 Å². The first kappa shape index (κ1) is 21.2. The van der Waals surface area contributed by atoms with Crippen LogP contribution in [0.4, 0.5) is 0 Å². The Bertz CT molecular complexity index is 750. The molecule has 0 spiro atoms. The number of carbonyl (C=O) groups is 2. The smallest absolute Gasteiger partial charge is 0.269 e. The van der Waals surface area contributed by atoms with Crippen LogP contribution in [0, 0.1) is 17.3 Å². The molecule has 1 fully saturated rings. The quantitative estimate of drug-likeness (QED) is 0.695. The molecule has 2 N–H and O–H groups in total. The molecule has 1 aromatic rings. The van der Waals surface area contributed by atoms with Crippen molar-refractivity contribution in [1.82, 2.24) is 10.9 Å². The molecule has 1 saturated carbocycles. The molecule has 2 unspecified atom stereocenters. The summed E-state index contributed by atoms with van der Waals surface area (Å²) in [6, 6.07) is 2.98. The lowest BCUT2D eigenvalue weighted by Gasteiger charge is -2.14. The zero-order valence-corrected chi connectivity index (χ0v) is 17.2. The van der Waals surface area contributed by atoms with E-state index in [4.69, 9.17) is 37.4 Å². The largest absolute Gasteiger partial charge is 0.493 e. The lowest BCUT2D eigenvalue weighted by Crippen LogP contribution is -2.43. The highest BCUT2D eigenvalue weighted by atomic mass is 35.5. The topological polar surface area (TPSA) is 85.9 Å². The molecular weight excluding hydrogens is 395 g/mol. The molecule has 2 amide bonds. The van der Waals surface area contributed by atoms with Gasteiger partial charge in [-0.1, -0.05) is 37.0 Å². The number of hydrogen-bond donors (Lipinski definition) is 2. The molecule has 0 aliphatic heterocycles. The van der Waals surface area contributed by atoms with E-state index in [0.717, 1.165) is 0 Å². The standard InChI is InChI=1S/C18H22Cl2N2O5/c1-18(2)10(8-13(19)20)14(18)17(24)22-21-16(23)9-6-11(25-3)15(27-5)12(7-9)26-4/h6-8,10,14H,1-5H3,(H,21,23)(H,22,24). The average Bonchev–Trinajstić information content (AvgIpc) is 3.16. The predicted molar refractivity (Wildman–Crippen MR) is 102 cm³/mol. The highest BCUT2D eigenvalue weighted by Gasteiger charge is 2.60. The molecule has 0 aromatic heterocycles. The lowest BCUT2D eigenvalue weighted by atomic mass is 10.1. The van der Waals surface area contributed by atoms with Crippen LogP contribution >= 0.6 is 23.2 Å². The monoisotopic (exact) mass is 416 g/mol. The van der Waals surface area contributed by atoms with E-state index in [-0.39, 0.29) is 33.2 Å². The molecule has 0 bridgehead atoms. The number of carbonyl (C=O) groups excluding carboxylic acids is 2. The van der Waals surface area contributed by atoms with Crippen LogP contribution < -0.4 is 25.1 Å². The van der Waals surface area contributed by atoms with E-state index in [1.54, 1.807) is 6.08 Å². The highest BCUT2D eigenvalue weighted by Crippen LogP contribution is 2.59. The molecule has 7 nitrogen and oxygen atoms in total. The van der Waals surface area contributed by atoms with Gasteiger partial charge in [0.2, 0.25) is 11.7 Å². The fourth-order valence-corrected chi connectivity index (χ4v) is 3.38. The Morgan fingerprint density at radius 3 is 2.04 bits per heavy atom. The van der Waals surface area contributed by atoms with Crippen molar-refractivity contribution in [1.29, 1.82) is 0 Å². The van der Waals surface area contributed by atoms with Crippen molar-refractivity contribution >= 4 is 35.0 Å². The number of nitrogens with one attached hydrogen (secondary N) is 2. The minimum Gasteiger partial charge on any atom is -0.493 e. The van der Waals surface area contributed by atoms with Crippen LogP contribution in [0.1, 0.15) is 24.2 Å². The van der Waals surface area contributed by atoms with Crippen molar-refractivity contribution in [3.63, 3.8) is 0 Å². The van der Waals surface area contributed by atoms with E-state index in [9.17, 15) is 9.59 Å². The molecule has 2 rings (SSSR count). The fraction of sp³-hybridized carbons (Fsp3) is 0.444. The molecule has 27 heavy (non-hydrogen) atoms. The Kier molecular flexibility index (Phi) is 6.49. The summed E-state index contributed by atoms with van der Waals surface area (Å²) in [6.07, 6.45) is 1.63. The third-order valence-corrected chi connectivity index (χ3v) is 4.98. The van der Waals surface area contributed by atoms with Gasteiger partial charge in [0, 0.05) is 5.56 Å². The Morgan fingerprint density at radius 2 is 1.59 bits per heavy atom. The fourth-order valence-electron chi connectivity index (χ4n) is 3.11. The molecule has 2 atom stereocenters. The van der Waals surface area contributed by atoms with E-state index >= 15 is 0 Å². The molecule has 148 valence electrons. The van der Waals surface area contributed by atoms with Crippen LogP contribution in [0.3, 0.4) is 0 Å². The summed E-state index contributed by atoms with van der Waals surface area (Å²) in [7, 11) is 4.37. The first-order valence-corrected chi connectivity index (χ1v) is 8.86. The molecule has 1 aliphatic carbocycles. The first-order valence-electron chi connectivity index (χ1n) is 8.10. The maximum absolute atomic E-state index is 12.4. The number of allylic oxidation sites excluding steroid dienone is 1. The van der Waals surface area contributed by atoms with Crippen molar-refractivity contribution in [2.75, 3.05) is 21.3 Å². The zero-order valence-electron chi connectivity index (χ0n) is 15.7. The molecule has 0 radical (unpaired) electrons. The minimum absolute atomic E-state index is 0.0967. The molecular formula is C18H22Cl2N2O5. The van der Waals surface area contributed by atoms with Crippen LogP contribution in [0.2, 0.25) is 0 Å². The minimum atomic E-state index is -0.525. The lowest BCUT2D eigenvalue weighted by molar-refractivity contribution is -0.123. The number of hydrazine groups is 1. The van der Waals surface area contributed by atoms with Gasteiger partial charge in [0.1, 0.15) is 4.49 Å². The molecule has 1 aliphatic rings. The molecule has 9 heteroatoms. The van der Waals surface area contributed by atoms with E-state index < -0.39 is 5.91 Å². The number of ether oxygens (including phenoxy) is 3. The summed E-state index contributed by atoms with van der Waals surface area (Å²) in [6.45, 7) is 3.85. The van der Waals surface area contributed by atoms with E-state index in [1.807, 2.05) is 13.8 Å². The second-order valence-electron chi connectivity index (χ2n) is 6.64. The second kappa shape index (κ2) is 8.27. The van der Waals surface area contributed by atoms with E-state index in [1.165, 1.54) is 33.5 Å².